The first-order valence-corrected chi connectivity index (χ1v) is 5.96. The molecular formula is C12H23NO2. The lowest BCUT2D eigenvalue weighted by Crippen LogP contribution is -2.38. The second kappa shape index (κ2) is 6.23. The zero-order valence-corrected chi connectivity index (χ0v) is 10.00. The Bertz CT molecular complexity index is 188. The third-order valence-corrected chi connectivity index (χ3v) is 3.01. The minimum Gasteiger partial charge on any atom is -0.380 e. The van der Waals surface area contributed by atoms with Crippen molar-refractivity contribution in [3.05, 3.63) is 0 Å². The second-order valence-corrected chi connectivity index (χ2v) is 4.76. The first-order valence-electron chi connectivity index (χ1n) is 5.96. The average Bonchev–Trinajstić information content (AvgIpc) is 2.47. The Balaban J connectivity index is 2.45. The van der Waals surface area contributed by atoms with E-state index in [1.165, 1.54) is 0 Å². The van der Waals surface area contributed by atoms with Crippen molar-refractivity contribution < 1.29 is 9.53 Å². The number of hydrogen-bond donors (Lipinski definition) is 0. The summed E-state index contributed by atoms with van der Waals surface area (Å²) in [7, 11) is 0. The number of aldehydes is 1. The fraction of sp³-hybridized carbons (Fsp3) is 0.917. The Labute approximate surface area is 92.8 Å². The summed E-state index contributed by atoms with van der Waals surface area (Å²) in [4.78, 5) is 13.5. The SMILES string of the molecule is CCCC(C)(C=O)CN1CCCOCC1. The van der Waals surface area contributed by atoms with Crippen molar-refractivity contribution in [2.24, 2.45) is 5.41 Å². The zero-order chi connectivity index (χ0) is 11.1. The van der Waals surface area contributed by atoms with E-state index in [0.29, 0.717) is 0 Å². The molecule has 1 heterocycles. The van der Waals surface area contributed by atoms with E-state index in [1.54, 1.807) is 0 Å². The highest BCUT2D eigenvalue weighted by atomic mass is 16.5. The minimum absolute atomic E-state index is 0.168. The molecule has 0 amide bonds. The van der Waals surface area contributed by atoms with Gasteiger partial charge in [0.25, 0.3) is 0 Å². The van der Waals surface area contributed by atoms with Gasteiger partial charge in [-0.05, 0) is 12.8 Å². The Morgan fingerprint density at radius 2 is 2.20 bits per heavy atom. The number of nitrogens with zero attached hydrogens (tertiary/aromatic N) is 1. The molecule has 0 radical (unpaired) electrons. The number of rotatable bonds is 5. The maximum absolute atomic E-state index is 11.1. The van der Waals surface area contributed by atoms with E-state index in [9.17, 15) is 4.79 Å². The monoisotopic (exact) mass is 213 g/mol. The Morgan fingerprint density at radius 1 is 1.40 bits per heavy atom. The predicted octanol–water partition coefficient (Wildman–Crippen LogP) is 1.71. The van der Waals surface area contributed by atoms with E-state index in [4.69, 9.17) is 4.74 Å². The van der Waals surface area contributed by atoms with Crippen LogP contribution in [0.2, 0.25) is 0 Å². The van der Waals surface area contributed by atoms with Crippen molar-refractivity contribution in [2.75, 3.05) is 32.8 Å². The van der Waals surface area contributed by atoms with Crippen molar-refractivity contribution in [3.8, 4) is 0 Å². The van der Waals surface area contributed by atoms with Crippen LogP contribution in [0.1, 0.15) is 33.1 Å². The lowest BCUT2D eigenvalue weighted by Gasteiger charge is -2.30. The van der Waals surface area contributed by atoms with Crippen LogP contribution >= 0.6 is 0 Å². The number of ether oxygens (including phenoxy) is 1. The standard InChI is InChI=1S/C12H23NO2/c1-3-5-12(2,11-14)10-13-6-4-8-15-9-7-13/h11H,3-10H2,1-2H3. The zero-order valence-electron chi connectivity index (χ0n) is 10.00. The minimum atomic E-state index is -0.168. The molecule has 0 aromatic heterocycles. The molecule has 1 unspecified atom stereocenters. The molecule has 1 atom stereocenters. The summed E-state index contributed by atoms with van der Waals surface area (Å²) in [5.74, 6) is 0. The van der Waals surface area contributed by atoms with Gasteiger partial charge < -0.3 is 9.53 Å². The van der Waals surface area contributed by atoms with Gasteiger partial charge in [-0.1, -0.05) is 20.3 Å². The van der Waals surface area contributed by atoms with Crippen molar-refractivity contribution in [2.45, 2.75) is 33.1 Å². The van der Waals surface area contributed by atoms with Gasteiger partial charge in [-0.3, -0.25) is 4.90 Å². The van der Waals surface area contributed by atoms with E-state index in [2.05, 4.69) is 18.7 Å². The highest BCUT2D eigenvalue weighted by Gasteiger charge is 2.26. The van der Waals surface area contributed by atoms with Crippen molar-refractivity contribution in [3.63, 3.8) is 0 Å². The van der Waals surface area contributed by atoms with Crippen LogP contribution in [0.3, 0.4) is 0 Å². The lowest BCUT2D eigenvalue weighted by molar-refractivity contribution is -0.116. The molecule has 0 aromatic rings. The van der Waals surface area contributed by atoms with Gasteiger partial charge in [0, 0.05) is 31.7 Å². The van der Waals surface area contributed by atoms with Gasteiger partial charge in [0.2, 0.25) is 0 Å². The van der Waals surface area contributed by atoms with Crippen LogP contribution in [0.25, 0.3) is 0 Å². The Hall–Kier alpha value is -0.410. The topological polar surface area (TPSA) is 29.5 Å². The molecule has 0 saturated carbocycles. The fourth-order valence-corrected chi connectivity index (χ4v) is 2.21. The van der Waals surface area contributed by atoms with Gasteiger partial charge in [0.15, 0.2) is 0 Å². The maximum Gasteiger partial charge on any atom is 0.127 e. The third kappa shape index (κ3) is 4.31. The molecule has 1 aliphatic rings. The first kappa shape index (κ1) is 12.7. The largest absolute Gasteiger partial charge is 0.380 e. The molecule has 0 aliphatic carbocycles. The molecule has 0 aromatic carbocycles. The van der Waals surface area contributed by atoms with Gasteiger partial charge >= 0.3 is 0 Å². The third-order valence-electron chi connectivity index (χ3n) is 3.01. The summed E-state index contributed by atoms with van der Waals surface area (Å²) < 4.78 is 5.40. The van der Waals surface area contributed by atoms with Crippen LogP contribution in [0.5, 0.6) is 0 Å². The van der Waals surface area contributed by atoms with E-state index in [0.717, 1.165) is 58.4 Å². The Kier molecular flexibility index (Phi) is 5.26. The molecule has 15 heavy (non-hydrogen) atoms. The van der Waals surface area contributed by atoms with Crippen LogP contribution in [0, 0.1) is 5.41 Å². The molecule has 1 fully saturated rings. The van der Waals surface area contributed by atoms with Crippen LogP contribution in [-0.2, 0) is 9.53 Å². The summed E-state index contributed by atoms with van der Waals surface area (Å²) >= 11 is 0. The summed E-state index contributed by atoms with van der Waals surface area (Å²) in [6, 6.07) is 0. The molecule has 1 rings (SSSR count). The molecular weight excluding hydrogens is 190 g/mol. The van der Waals surface area contributed by atoms with Crippen LogP contribution in [0.15, 0.2) is 0 Å². The molecule has 3 heteroatoms. The van der Waals surface area contributed by atoms with Crippen molar-refractivity contribution in [1.29, 1.82) is 0 Å². The second-order valence-electron chi connectivity index (χ2n) is 4.76. The van der Waals surface area contributed by atoms with E-state index >= 15 is 0 Å². The highest BCUT2D eigenvalue weighted by Crippen LogP contribution is 2.22. The molecule has 3 nitrogen and oxygen atoms in total. The number of carbonyl (C=O) groups excluding carboxylic acids is 1. The maximum atomic E-state index is 11.1. The van der Waals surface area contributed by atoms with Gasteiger partial charge in [-0.25, -0.2) is 0 Å². The van der Waals surface area contributed by atoms with Gasteiger partial charge in [0.05, 0.1) is 6.61 Å². The molecule has 0 spiro atoms. The van der Waals surface area contributed by atoms with E-state index in [-0.39, 0.29) is 5.41 Å². The molecule has 1 saturated heterocycles. The fourth-order valence-electron chi connectivity index (χ4n) is 2.21. The van der Waals surface area contributed by atoms with Crippen molar-refractivity contribution >= 4 is 6.29 Å². The summed E-state index contributed by atoms with van der Waals surface area (Å²) in [5, 5.41) is 0. The normalized spacial score (nSPS) is 23.1. The summed E-state index contributed by atoms with van der Waals surface area (Å²) in [6.45, 7) is 8.78. The molecule has 88 valence electrons. The number of carbonyl (C=O) groups is 1. The summed E-state index contributed by atoms with van der Waals surface area (Å²) in [6.07, 6.45) is 4.26. The van der Waals surface area contributed by atoms with Crippen molar-refractivity contribution in [1.82, 2.24) is 4.90 Å². The average molecular weight is 213 g/mol. The highest BCUT2D eigenvalue weighted by molar-refractivity contribution is 5.58. The number of hydrogen-bond acceptors (Lipinski definition) is 3. The Morgan fingerprint density at radius 3 is 2.87 bits per heavy atom. The van der Waals surface area contributed by atoms with Crippen LogP contribution in [-0.4, -0.2) is 44.0 Å². The molecule has 0 bridgehead atoms. The molecule has 0 N–H and O–H groups in total. The van der Waals surface area contributed by atoms with E-state index in [1.807, 2.05) is 0 Å². The van der Waals surface area contributed by atoms with Crippen LogP contribution < -0.4 is 0 Å². The van der Waals surface area contributed by atoms with Crippen LogP contribution in [0.4, 0.5) is 0 Å². The molecule has 1 aliphatic heterocycles. The van der Waals surface area contributed by atoms with Gasteiger partial charge in [-0.2, -0.15) is 0 Å². The van der Waals surface area contributed by atoms with Gasteiger partial charge in [0.1, 0.15) is 6.29 Å². The smallest absolute Gasteiger partial charge is 0.127 e. The van der Waals surface area contributed by atoms with Gasteiger partial charge in [-0.15, -0.1) is 0 Å². The first-order chi connectivity index (χ1) is 7.20. The summed E-state index contributed by atoms with van der Waals surface area (Å²) in [5.41, 5.74) is -0.168. The lowest BCUT2D eigenvalue weighted by atomic mass is 9.86. The van der Waals surface area contributed by atoms with E-state index < -0.39 is 0 Å². The predicted molar refractivity (Wildman–Crippen MR) is 61.0 cm³/mol. The quantitative estimate of drug-likeness (QED) is 0.651.